The third-order valence-corrected chi connectivity index (χ3v) is 5.91. The highest BCUT2D eigenvalue weighted by Crippen LogP contribution is 2.39. The molecule has 180 valence electrons. The summed E-state index contributed by atoms with van der Waals surface area (Å²) in [4.78, 5) is 17.7. The quantitative estimate of drug-likeness (QED) is 0.329. The summed E-state index contributed by atoms with van der Waals surface area (Å²) in [5, 5.41) is 10.6. The largest absolute Gasteiger partial charge is 0.493 e. The molecule has 0 atom stereocenters. The molecule has 0 fully saturated rings. The van der Waals surface area contributed by atoms with Gasteiger partial charge in [-0.15, -0.1) is 0 Å². The number of carbonyl (C=O) groups is 1. The van der Waals surface area contributed by atoms with E-state index in [4.69, 9.17) is 14.2 Å². The van der Waals surface area contributed by atoms with Crippen molar-refractivity contribution in [3.63, 3.8) is 0 Å². The molecule has 1 heterocycles. The second-order valence-electron chi connectivity index (χ2n) is 7.96. The highest BCUT2D eigenvalue weighted by Gasteiger charge is 2.20. The molecule has 0 saturated carbocycles. The number of nitrogens with zero attached hydrogens (tertiary/aromatic N) is 2. The number of fused-ring (bicyclic) bond motifs is 1. The molecule has 7 nitrogen and oxygen atoms in total. The number of hydrogen-bond acceptors (Lipinski definition) is 5. The van der Waals surface area contributed by atoms with Gasteiger partial charge in [-0.1, -0.05) is 12.1 Å². The number of ether oxygens (including phenoxy) is 3. The summed E-state index contributed by atoms with van der Waals surface area (Å²) in [5.41, 5.74) is 3.43. The molecule has 3 aromatic carbocycles. The van der Waals surface area contributed by atoms with Crippen molar-refractivity contribution in [2.75, 3.05) is 19.1 Å². The molecule has 0 aliphatic rings. The molecule has 0 unspecified atom stereocenters. The van der Waals surface area contributed by atoms with Gasteiger partial charge in [0.15, 0.2) is 11.5 Å². The summed E-state index contributed by atoms with van der Waals surface area (Å²) in [6, 6.07) is 14.6. The smallest absolute Gasteiger partial charge is 0.412 e. The zero-order chi connectivity index (χ0) is 25.1. The van der Waals surface area contributed by atoms with Crippen molar-refractivity contribution < 1.29 is 28.5 Å². The first kappa shape index (κ1) is 23.8. The Morgan fingerprint density at radius 3 is 2.26 bits per heavy atom. The minimum atomic E-state index is -1.10. The standard InChI is InChI=1S/C27H25FN2O5/c1-16-17(2)23(10-9-22(16)30(27(31)32)15-18-5-7-19(28)8-6-18)35-24-11-12-29-21-14-26(34-4)25(33-3)13-20(21)24/h5-14H,15H2,1-4H3,(H,31,32). The van der Waals surface area contributed by atoms with Gasteiger partial charge in [-0.2, -0.15) is 0 Å². The lowest BCUT2D eigenvalue weighted by Gasteiger charge is -2.23. The van der Waals surface area contributed by atoms with E-state index in [0.29, 0.717) is 39.8 Å². The number of halogens is 1. The van der Waals surface area contributed by atoms with Crippen LogP contribution in [0.4, 0.5) is 14.9 Å². The predicted molar refractivity (Wildman–Crippen MR) is 131 cm³/mol. The molecule has 1 N–H and O–H groups in total. The van der Waals surface area contributed by atoms with Crippen LogP contribution in [0.5, 0.6) is 23.0 Å². The molecule has 0 spiro atoms. The summed E-state index contributed by atoms with van der Waals surface area (Å²) in [7, 11) is 3.13. The Morgan fingerprint density at radius 2 is 1.60 bits per heavy atom. The van der Waals surface area contributed by atoms with Gasteiger partial charge >= 0.3 is 6.09 Å². The predicted octanol–water partition coefficient (Wildman–Crippen LogP) is 6.48. The van der Waals surface area contributed by atoms with Crippen LogP contribution in [0.15, 0.2) is 60.8 Å². The summed E-state index contributed by atoms with van der Waals surface area (Å²) in [6.07, 6.45) is 0.543. The minimum Gasteiger partial charge on any atom is -0.493 e. The average molecular weight is 477 g/mol. The fraction of sp³-hybridized carbons (Fsp3) is 0.185. The van der Waals surface area contributed by atoms with Crippen LogP contribution in [-0.4, -0.2) is 30.4 Å². The Kier molecular flexibility index (Phi) is 6.73. The first-order valence-electron chi connectivity index (χ1n) is 10.9. The van der Waals surface area contributed by atoms with Crippen LogP contribution < -0.4 is 19.1 Å². The van der Waals surface area contributed by atoms with Gasteiger partial charge in [0.25, 0.3) is 0 Å². The second-order valence-corrected chi connectivity index (χ2v) is 7.96. The maximum absolute atomic E-state index is 13.3. The molecule has 4 aromatic rings. The van der Waals surface area contributed by atoms with Gasteiger partial charge < -0.3 is 19.3 Å². The molecule has 0 saturated heterocycles. The van der Waals surface area contributed by atoms with E-state index in [1.165, 1.54) is 17.0 Å². The van der Waals surface area contributed by atoms with Crippen LogP contribution in [0.25, 0.3) is 10.9 Å². The third-order valence-electron chi connectivity index (χ3n) is 5.91. The fourth-order valence-electron chi connectivity index (χ4n) is 3.87. The van der Waals surface area contributed by atoms with E-state index in [-0.39, 0.29) is 12.4 Å². The van der Waals surface area contributed by atoms with Crippen LogP contribution >= 0.6 is 0 Å². The number of rotatable bonds is 7. The van der Waals surface area contributed by atoms with Gasteiger partial charge in [0.2, 0.25) is 0 Å². The Bertz CT molecular complexity index is 1390. The van der Waals surface area contributed by atoms with E-state index in [2.05, 4.69) is 4.98 Å². The van der Waals surface area contributed by atoms with Gasteiger partial charge in [0, 0.05) is 17.6 Å². The van der Waals surface area contributed by atoms with Gasteiger partial charge in [-0.25, -0.2) is 9.18 Å². The molecule has 0 radical (unpaired) electrons. The maximum atomic E-state index is 13.3. The summed E-state index contributed by atoms with van der Waals surface area (Å²) < 4.78 is 30.3. The molecule has 4 rings (SSSR count). The van der Waals surface area contributed by atoms with Gasteiger partial charge in [0.1, 0.15) is 17.3 Å². The molecule has 0 aliphatic carbocycles. The van der Waals surface area contributed by atoms with E-state index < -0.39 is 6.09 Å². The Labute approximate surface area is 202 Å². The Hall–Kier alpha value is -4.33. The maximum Gasteiger partial charge on any atom is 0.412 e. The first-order chi connectivity index (χ1) is 16.8. The lowest BCUT2D eigenvalue weighted by Crippen LogP contribution is -2.29. The van der Waals surface area contributed by atoms with E-state index in [1.807, 2.05) is 19.9 Å². The summed E-state index contributed by atoms with van der Waals surface area (Å²) >= 11 is 0. The molecular formula is C27H25FN2O5. The lowest BCUT2D eigenvalue weighted by molar-refractivity contribution is 0.201. The van der Waals surface area contributed by atoms with E-state index in [9.17, 15) is 14.3 Å². The van der Waals surface area contributed by atoms with Crippen molar-refractivity contribution in [1.29, 1.82) is 0 Å². The summed E-state index contributed by atoms with van der Waals surface area (Å²) in [5.74, 6) is 1.91. The number of carboxylic acid groups (broad SMARTS) is 1. The number of pyridine rings is 1. The first-order valence-corrected chi connectivity index (χ1v) is 10.9. The third kappa shape index (κ3) is 4.82. The van der Waals surface area contributed by atoms with Crippen LogP contribution in [0.2, 0.25) is 0 Å². The van der Waals surface area contributed by atoms with Crippen LogP contribution in [0.1, 0.15) is 16.7 Å². The van der Waals surface area contributed by atoms with Crippen LogP contribution in [0.3, 0.4) is 0 Å². The zero-order valence-electron chi connectivity index (χ0n) is 19.8. The lowest BCUT2D eigenvalue weighted by atomic mass is 10.1. The fourth-order valence-corrected chi connectivity index (χ4v) is 3.87. The van der Waals surface area contributed by atoms with Crippen molar-refractivity contribution in [3.8, 4) is 23.0 Å². The van der Waals surface area contributed by atoms with Crippen molar-refractivity contribution in [2.45, 2.75) is 20.4 Å². The molecule has 35 heavy (non-hydrogen) atoms. The number of amides is 1. The van der Waals surface area contributed by atoms with Crippen molar-refractivity contribution in [2.24, 2.45) is 0 Å². The number of hydrogen-bond donors (Lipinski definition) is 1. The van der Waals surface area contributed by atoms with Crippen molar-refractivity contribution in [1.82, 2.24) is 4.98 Å². The van der Waals surface area contributed by atoms with Crippen LogP contribution in [-0.2, 0) is 6.54 Å². The topological polar surface area (TPSA) is 81.1 Å². The number of benzene rings is 3. The van der Waals surface area contributed by atoms with Gasteiger partial charge in [0.05, 0.1) is 32.0 Å². The second kappa shape index (κ2) is 9.89. The molecule has 1 amide bonds. The Balaban J connectivity index is 1.69. The van der Waals surface area contributed by atoms with E-state index in [1.54, 1.807) is 56.8 Å². The van der Waals surface area contributed by atoms with E-state index >= 15 is 0 Å². The van der Waals surface area contributed by atoms with Crippen molar-refractivity contribution >= 4 is 22.7 Å². The average Bonchev–Trinajstić information content (AvgIpc) is 2.86. The Morgan fingerprint density at radius 1 is 0.914 bits per heavy atom. The number of aromatic nitrogens is 1. The molecule has 8 heteroatoms. The highest BCUT2D eigenvalue weighted by atomic mass is 19.1. The molecule has 0 aliphatic heterocycles. The molecular weight excluding hydrogens is 451 g/mol. The van der Waals surface area contributed by atoms with Crippen molar-refractivity contribution in [3.05, 3.63) is 83.3 Å². The monoisotopic (exact) mass is 476 g/mol. The minimum absolute atomic E-state index is 0.0900. The molecule has 1 aromatic heterocycles. The van der Waals surface area contributed by atoms with Gasteiger partial charge in [-0.3, -0.25) is 9.88 Å². The molecule has 0 bridgehead atoms. The van der Waals surface area contributed by atoms with Gasteiger partial charge in [-0.05, 0) is 66.9 Å². The van der Waals surface area contributed by atoms with E-state index in [0.717, 1.165) is 16.5 Å². The normalized spacial score (nSPS) is 10.8. The number of methoxy groups -OCH3 is 2. The zero-order valence-corrected chi connectivity index (χ0v) is 19.8. The summed E-state index contributed by atoms with van der Waals surface area (Å²) in [6.45, 7) is 3.81. The highest BCUT2D eigenvalue weighted by molar-refractivity contribution is 5.89. The number of anilines is 1. The SMILES string of the molecule is COc1cc2nccc(Oc3ccc(N(Cc4ccc(F)cc4)C(=O)O)c(C)c3C)c2cc1OC. The van der Waals surface area contributed by atoms with Crippen LogP contribution in [0, 0.1) is 19.7 Å².